The number of aryl methyl sites for hydroxylation is 4. The van der Waals surface area contributed by atoms with E-state index in [-0.39, 0.29) is 42.7 Å². The van der Waals surface area contributed by atoms with Crippen molar-refractivity contribution in [2.24, 2.45) is 5.73 Å². The third kappa shape index (κ3) is 16.8. The monoisotopic (exact) mass is 618 g/mol. The van der Waals surface area contributed by atoms with E-state index >= 15 is 0 Å². The highest BCUT2D eigenvalue weighted by Gasteiger charge is 2.19. The van der Waals surface area contributed by atoms with Crippen molar-refractivity contribution in [3.8, 4) is 0 Å². The van der Waals surface area contributed by atoms with E-state index in [1.165, 1.54) is 23.0 Å². The van der Waals surface area contributed by atoms with Crippen LogP contribution in [0.4, 0.5) is 4.79 Å². The third-order valence-corrected chi connectivity index (χ3v) is 6.01. The number of halogens is 2. The number of H-pyrrole nitrogens is 2. The van der Waals surface area contributed by atoms with Gasteiger partial charge in [0, 0.05) is 36.1 Å². The first-order valence-electron chi connectivity index (χ1n) is 13.7. The highest BCUT2D eigenvalue weighted by Crippen LogP contribution is 2.16. The second-order valence-electron chi connectivity index (χ2n) is 9.15. The average molecular weight is 620 g/mol. The van der Waals surface area contributed by atoms with E-state index in [0.29, 0.717) is 31.8 Å². The lowest BCUT2D eigenvalue weighted by Crippen LogP contribution is -2.31. The Kier molecular flexibility index (Phi) is 23.3. The maximum Gasteiger partial charge on any atom is 0.413 e. The molecule has 4 N–H and O–H groups in total. The minimum Gasteiger partial charge on any atom is -0.466 e. The second kappa shape index (κ2) is 23.8. The van der Waals surface area contributed by atoms with E-state index in [0.717, 1.165) is 62.9 Å². The number of carbonyl (C=O) groups excluding carboxylic acids is 3. The maximum absolute atomic E-state index is 11.3. The summed E-state index contributed by atoms with van der Waals surface area (Å²) in [6.45, 7) is 11.4. The molecule has 0 aliphatic carbocycles. The predicted molar refractivity (Wildman–Crippen MR) is 164 cm³/mol. The summed E-state index contributed by atoms with van der Waals surface area (Å²) in [5, 5.41) is 13.6. The Hall–Kier alpha value is -2.89. The first-order valence-corrected chi connectivity index (χ1v) is 13.7. The van der Waals surface area contributed by atoms with E-state index in [1.807, 2.05) is 33.2 Å². The molecule has 13 heteroatoms. The van der Waals surface area contributed by atoms with Crippen molar-refractivity contribution in [2.75, 3.05) is 26.3 Å². The molecule has 0 radical (unpaired) electrons. The van der Waals surface area contributed by atoms with Crippen LogP contribution in [0.1, 0.15) is 81.8 Å². The van der Waals surface area contributed by atoms with Crippen LogP contribution < -0.4 is 5.73 Å². The molecule has 0 atom stereocenters. The summed E-state index contributed by atoms with van der Waals surface area (Å²) in [5.74, 6) is -0.0691. The van der Waals surface area contributed by atoms with Crippen LogP contribution in [0.15, 0.2) is 24.2 Å². The largest absolute Gasteiger partial charge is 0.466 e. The van der Waals surface area contributed by atoms with Gasteiger partial charge in [-0.25, -0.2) is 4.79 Å². The molecule has 2 aromatic heterocycles. The van der Waals surface area contributed by atoms with Gasteiger partial charge in [0.1, 0.15) is 0 Å². The Morgan fingerprint density at radius 3 is 1.95 bits per heavy atom. The Bertz CT molecular complexity index is 1040. The van der Waals surface area contributed by atoms with E-state index in [1.54, 1.807) is 13.1 Å². The van der Waals surface area contributed by atoms with Gasteiger partial charge in [0.15, 0.2) is 5.78 Å². The first-order chi connectivity index (χ1) is 18.7. The fraction of sp³-hybridized carbons (Fsp3) is 0.607. The van der Waals surface area contributed by atoms with E-state index in [2.05, 4.69) is 20.4 Å². The molecule has 0 saturated heterocycles. The summed E-state index contributed by atoms with van der Waals surface area (Å²) < 4.78 is 9.69. The quantitative estimate of drug-likeness (QED) is 0.230. The number of allylic oxidation sites excluding steroid dienone is 1. The van der Waals surface area contributed by atoms with E-state index in [4.69, 9.17) is 15.2 Å². The number of hydrogen-bond acceptors (Lipinski definition) is 8. The number of carbonyl (C=O) groups is 3. The van der Waals surface area contributed by atoms with Crippen LogP contribution in [0.2, 0.25) is 0 Å². The Balaban J connectivity index is 0. The van der Waals surface area contributed by atoms with Gasteiger partial charge >= 0.3 is 12.1 Å². The summed E-state index contributed by atoms with van der Waals surface area (Å²) in [6.07, 6.45) is 12.0. The SMILES string of the molecule is CCOC(=O)CCCCc1cn[nH]c1C.CCOC(=O)N1C=C(C(C)=O)CCC1.Cc1[nH]ncc1CCCN.Cl.Cl. The standard InChI is InChI=1S/C11H18N2O2.C10H15NO3.C7H13N3.2ClH/c1-3-15-11(14)7-5-4-6-10-8-12-13-9(10)2;1-3-14-10(13)11-6-4-5-9(7-11)8(2)12;1-6-7(3-2-4-8)5-9-10-6;;/h8H,3-7H2,1-2H3,(H,12,13);7H,3-6H2,1-2H3;5H,2-4,8H2,1H3,(H,9,10);2*1H. The number of nitrogens with two attached hydrogens (primary N) is 1. The molecular formula is C28H48Cl2N6O5. The molecule has 41 heavy (non-hydrogen) atoms. The normalized spacial score (nSPS) is 11.8. The van der Waals surface area contributed by atoms with Crippen LogP contribution in [0, 0.1) is 13.8 Å². The predicted octanol–water partition coefficient (Wildman–Crippen LogP) is 5.16. The van der Waals surface area contributed by atoms with Crippen LogP contribution in [0.3, 0.4) is 0 Å². The number of aromatic nitrogens is 4. The highest BCUT2D eigenvalue weighted by molar-refractivity contribution is 5.93. The van der Waals surface area contributed by atoms with Crippen molar-refractivity contribution >= 4 is 42.7 Å². The molecule has 3 heterocycles. The fourth-order valence-electron chi connectivity index (χ4n) is 3.74. The zero-order valence-corrected chi connectivity index (χ0v) is 26.6. The van der Waals surface area contributed by atoms with Crippen molar-refractivity contribution in [2.45, 2.75) is 86.0 Å². The average Bonchev–Trinajstić information content (AvgIpc) is 3.53. The Labute approximate surface area is 256 Å². The number of aromatic amines is 2. The molecule has 0 unspecified atom stereocenters. The van der Waals surface area contributed by atoms with Crippen LogP contribution >= 0.6 is 24.8 Å². The Morgan fingerprint density at radius 2 is 1.49 bits per heavy atom. The summed E-state index contributed by atoms with van der Waals surface area (Å²) in [4.78, 5) is 34.9. The summed E-state index contributed by atoms with van der Waals surface area (Å²) in [6, 6.07) is 0. The number of nitrogens with zero attached hydrogens (tertiary/aromatic N) is 3. The van der Waals surface area contributed by atoms with Gasteiger partial charge in [-0.2, -0.15) is 10.2 Å². The number of nitrogens with one attached hydrogen (secondary N) is 2. The zero-order valence-electron chi connectivity index (χ0n) is 25.0. The molecule has 1 aliphatic rings. The molecule has 2 aromatic rings. The molecule has 3 rings (SSSR count). The third-order valence-electron chi connectivity index (χ3n) is 6.01. The molecule has 0 fully saturated rings. The number of ketones is 1. The van der Waals surface area contributed by atoms with Gasteiger partial charge in [-0.05, 0) is 97.2 Å². The van der Waals surface area contributed by atoms with Crippen molar-refractivity contribution in [1.29, 1.82) is 0 Å². The number of amides is 1. The maximum atomic E-state index is 11.3. The van der Waals surface area contributed by atoms with Crippen LogP contribution in [0.25, 0.3) is 0 Å². The number of unbranched alkanes of at least 4 members (excludes halogenated alkanes) is 1. The topological polar surface area (TPSA) is 156 Å². The molecule has 0 spiro atoms. The lowest BCUT2D eigenvalue weighted by molar-refractivity contribution is -0.143. The van der Waals surface area contributed by atoms with Crippen molar-refractivity contribution < 1.29 is 23.9 Å². The summed E-state index contributed by atoms with van der Waals surface area (Å²) in [5.41, 5.74) is 10.9. The fourth-order valence-corrected chi connectivity index (χ4v) is 3.74. The minimum absolute atomic E-state index is 0. The Morgan fingerprint density at radius 1 is 0.927 bits per heavy atom. The van der Waals surface area contributed by atoms with E-state index in [9.17, 15) is 14.4 Å². The van der Waals surface area contributed by atoms with E-state index < -0.39 is 0 Å². The first kappa shape index (κ1) is 40.2. The van der Waals surface area contributed by atoms with Gasteiger partial charge in [0.2, 0.25) is 0 Å². The number of Topliss-reactive ketones (excluding diaryl/α,β-unsaturated/α-hetero) is 1. The molecule has 0 saturated carbocycles. The van der Waals surface area contributed by atoms with Gasteiger partial charge in [0.05, 0.1) is 25.6 Å². The number of esters is 1. The summed E-state index contributed by atoms with van der Waals surface area (Å²) >= 11 is 0. The van der Waals surface area contributed by atoms with Crippen molar-refractivity contribution in [1.82, 2.24) is 25.3 Å². The molecule has 0 bridgehead atoms. The van der Waals surface area contributed by atoms with Gasteiger partial charge in [0.25, 0.3) is 0 Å². The molecule has 234 valence electrons. The lowest BCUT2D eigenvalue weighted by Gasteiger charge is -2.23. The summed E-state index contributed by atoms with van der Waals surface area (Å²) in [7, 11) is 0. The smallest absolute Gasteiger partial charge is 0.413 e. The van der Waals surface area contributed by atoms with Crippen LogP contribution in [0.5, 0.6) is 0 Å². The van der Waals surface area contributed by atoms with Gasteiger partial charge < -0.3 is 15.2 Å². The zero-order chi connectivity index (χ0) is 29.0. The van der Waals surface area contributed by atoms with Crippen LogP contribution in [-0.4, -0.2) is 69.4 Å². The van der Waals surface area contributed by atoms with Crippen LogP contribution in [-0.2, 0) is 31.9 Å². The van der Waals surface area contributed by atoms with Gasteiger partial charge in [-0.3, -0.25) is 24.7 Å². The molecule has 1 amide bonds. The molecule has 0 aromatic carbocycles. The highest BCUT2D eigenvalue weighted by atomic mass is 35.5. The lowest BCUT2D eigenvalue weighted by atomic mass is 10.0. The number of rotatable bonds is 11. The van der Waals surface area contributed by atoms with Crippen molar-refractivity contribution in [3.63, 3.8) is 0 Å². The number of hydrogen-bond donors (Lipinski definition) is 3. The number of ether oxygens (including phenoxy) is 2. The minimum atomic E-state index is -0.369. The van der Waals surface area contributed by atoms with Gasteiger partial charge in [-0.15, -0.1) is 24.8 Å². The van der Waals surface area contributed by atoms with Gasteiger partial charge in [-0.1, -0.05) is 0 Å². The molecule has 1 aliphatic heterocycles. The molecule has 11 nitrogen and oxygen atoms in total. The second-order valence-corrected chi connectivity index (χ2v) is 9.15. The molecular weight excluding hydrogens is 571 g/mol. The van der Waals surface area contributed by atoms with Crippen molar-refractivity contribution in [3.05, 3.63) is 46.7 Å².